The number of anilines is 1. The van der Waals surface area contributed by atoms with Gasteiger partial charge in [-0.3, -0.25) is 4.98 Å². The van der Waals surface area contributed by atoms with E-state index in [1.807, 2.05) is 0 Å². The molecule has 0 aromatic carbocycles. The summed E-state index contributed by atoms with van der Waals surface area (Å²) in [7, 11) is 0. The summed E-state index contributed by atoms with van der Waals surface area (Å²) < 4.78 is 0. The number of aliphatic hydroxyl groups is 2. The first kappa shape index (κ1) is 10.9. The van der Waals surface area contributed by atoms with Crippen molar-refractivity contribution < 1.29 is 10.2 Å². The molecule has 0 aliphatic carbocycles. The minimum Gasteiger partial charge on any atom is -0.398 e. The Morgan fingerprint density at radius 1 is 1.64 bits per heavy atom. The summed E-state index contributed by atoms with van der Waals surface area (Å²) in [5, 5.41) is 19.7. The van der Waals surface area contributed by atoms with Gasteiger partial charge in [0.25, 0.3) is 0 Å². The lowest BCUT2D eigenvalue weighted by molar-refractivity contribution is -0.0656. The van der Waals surface area contributed by atoms with Crippen molar-refractivity contribution in [3.63, 3.8) is 0 Å². The van der Waals surface area contributed by atoms with Gasteiger partial charge in [0.05, 0.1) is 5.60 Å². The van der Waals surface area contributed by atoms with Crippen LogP contribution in [-0.2, 0) is 0 Å². The molecule has 14 heavy (non-hydrogen) atoms. The molecule has 0 saturated carbocycles. The maximum atomic E-state index is 9.86. The van der Waals surface area contributed by atoms with E-state index in [0.29, 0.717) is 17.7 Å². The van der Waals surface area contributed by atoms with E-state index >= 15 is 0 Å². The van der Waals surface area contributed by atoms with Crippen molar-refractivity contribution in [3.05, 3.63) is 24.0 Å². The predicted molar refractivity (Wildman–Crippen MR) is 54.5 cm³/mol. The third kappa shape index (κ3) is 2.02. The number of rotatable bonds is 3. The molecule has 0 radical (unpaired) electrons. The van der Waals surface area contributed by atoms with Crippen molar-refractivity contribution in [2.75, 3.05) is 5.73 Å². The average Bonchev–Trinajstić information content (AvgIpc) is 2.17. The van der Waals surface area contributed by atoms with Gasteiger partial charge in [-0.2, -0.15) is 0 Å². The van der Waals surface area contributed by atoms with Crippen molar-refractivity contribution >= 4 is 5.69 Å². The second-order valence-corrected chi connectivity index (χ2v) is 3.62. The van der Waals surface area contributed by atoms with E-state index in [1.165, 1.54) is 6.20 Å². The molecule has 78 valence electrons. The lowest BCUT2D eigenvalue weighted by atomic mass is 9.91. The average molecular weight is 196 g/mol. The van der Waals surface area contributed by atoms with Gasteiger partial charge >= 0.3 is 0 Å². The van der Waals surface area contributed by atoms with Gasteiger partial charge in [0.2, 0.25) is 0 Å². The Hall–Kier alpha value is -1.13. The van der Waals surface area contributed by atoms with Crippen molar-refractivity contribution in [2.45, 2.75) is 32.0 Å². The molecule has 0 amide bonds. The highest BCUT2D eigenvalue weighted by atomic mass is 16.3. The van der Waals surface area contributed by atoms with Crippen LogP contribution in [0, 0.1) is 0 Å². The van der Waals surface area contributed by atoms with E-state index in [1.54, 1.807) is 26.1 Å². The van der Waals surface area contributed by atoms with Crippen LogP contribution in [0.25, 0.3) is 0 Å². The van der Waals surface area contributed by atoms with Gasteiger partial charge in [-0.05, 0) is 19.4 Å². The maximum Gasteiger partial charge on any atom is 0.111 e. The normalized spacial score (nSPS) is 17.4. The lowest BCUT2D eigenvalue weighted by Gasteiger charge is -2.28. The molecule has 4 nitrogen and oxygen atoms in total. The van der Waals surface area contributed by atoms with Crippen LogP contribution < -0.4 is 5.73 Å². The highest BCUT2D eigenvalue weighted by molar-refractivity contribution is 5.46. The minimum atomic E-state index is -1.17. The van der Waals surface area contributed by atoms with E-state index in [4.69, 9.17) is 5.73 Å². The first-order valence-corrected chi connectivity index (χ1v) is 4.59. The topological polar surface area (TPSA) is 79.4 Å². The molecule has 2 atom stereocenters. The Bertz CT molecular complexity index is 313. The van der Waals surface area contributed by atoms with Crippen LogP contribution in [0.4, 0.5) is 5.69 Å². The number of nitrogens with two attached hydrogens (primary N) is 1. The quantitative estimate of drug-likeness (QED) is 0.669. The Morgan fingerprint density at radius 3 is 2.79 bits per heavy atom. The summed E-state index contributed by atoms with van der Waals surface area (Å²) in [5.41, 5.74) is 5.41. The van der Waals surface area contributed by atoms with Gasteiger partial charge in [-0.15, -0.1) is 0 Å². The van der Waals surface area contributed by atoms with Crippen LogP contribution in [0.1, 0.15) is 31.9 Å². The SMILES string of the molecule is CCC(C)(O)C(O)c1cnccc1N. The third-order valence-electron chi connectivity index (χ3n) is 2.49. The fraction of sp³-hybridized carbons (Fsp3) is 0.500. The molecule has 0 aliphatic rings. The van der Waals surface area contributed by atoms with E-state index in [2.05, 4.69) is 4.98 Å². The Labute approximate surface area is 83.4 Å². The fourth-order valence-corrected chi connectivity index (χ4v) is 1.17. The standard InChI is InChI=1S/C10H16N2O2/c1-3-10(2,14)9(13)7-6-12-5-4-8(7)11/h4-6,9,13-14H,3H2,1-2H3,(H2,11,12). The first-order chi connectivity index (χ1) is 6.49. The molecule has 2 unspecified atom stereocenters. The monoisotopic (exact) mass is 196 g/mol. The second kappa shape index (κ2) is 3.94. The largest absolute Gasteiger partial charge is 0.398 e. The summed E-state index contributed by atoms with van der Waals surface area (Å²) in [6.45, 7) is 3.37. The summed E-state index contributed by atoms with van der Waals surface area (Å²) in [5.74, 6) is 0. The highest BCUT2D eigenvalue weighted by Gasteiger charge is 2.30. The van der Waals surface area contributed by atoms with Gasteiger partial charge in [0.1, 0.15) is 6.10 Å². The van der Waals surface area contributed by atoms with Gasteiger partial charge in [-0.25, -0.2) is 0 Å². The number of nitrogen functional groups attached to an aromatic ring is 1. The van der Waals surface area contributed by atoms with Gasteiger partial charge in [0, 0.05) is 23.6 Å². The maximum absolute atomic E-state index is 9.86. The molecular weight excluding hydrogens is 180 g/mol. The number of hydrogen-bond donors (Lipinski definition) is 3. The molecule has 0 saturated heterocycles. The van der Waals surface area contributed by atoms with Gasteiger partial charge < -0.3 is 15.9 Å². The van der Waals surface area contributed by atoms with Crippen LogP contribution in [0.2, 0.25) is 0 Å². The molecule has 1 heterocycles. The second-order valence-electron chi connectivity index (χ2n) is 3.62. The third-order valence-corrected chi connectivity index (χ3v) is 2.49. The minimum absolute atomic E-state index is 0.446. The van der Waals surface area contributed by atoms with Crippen LogP contribution in [-0.4, -0.2) is 20.8 Å². The van der Waals surface area contributed by atoms with Gasteiger partial charge in [-0.1, -0.05) is 6.92 Å². The molecular formula is C10H16N2O2. The molecule has 0 aliphatic heterocycles. The zero-order valence-corrected chi connectivity index (χ0v) is 8.44. The zero-order chi connectivity index (χ0) is 10.8. The molecule has 4 N–H and O–H groups in total. The van der Waals surface area contributed by atoms with Crippen molar-refractivity contribution in [3.8, 4) is 0 Å². The summed E-state index contributed by atoms with van der Waals surface area (Å²) in [6.07, 6.45) is 2.47. The number of pyridine rings is 1. The predicted octanol–water partition coefficient (Wildman–Crippen LogP) is 0.858. The fourth-order valence-electron chi connectivity index (χ4n) is 1.17. The number of aromatic nitrogens is 1. The van der Waals surface area contributed by atoms with Crippen molar-refractivity contribution in [2.24, 2.45) is 0 Å². The van der Waals surface area contributed by atoms with E-state index in [9.17, 15) is 10.2 Å². The van der Waals surface area contributed by atoms with E-state index < -0.39 is 11.7 Å². The van der Waals surface area contributed by atoms with Crippen molar-refractivity contribution in [1.82, 2.24) is 4.98 Å². The van der Waals surface area contributed by atoms with Crippen LogP contribution in [0.3, 0.4) is 0 Å². The van der Waals surface area contributed by atoms with Crippen LogP contribution in [0.5, 0.6) is 0 Å². The molecule has 0 fully saturated rings. The Kier molecular flexibility index (Phi) is 3.08. The Balaban J connectivity index is 3.00. The summed E-state index contributed by atoms with van der Waals surface area (Å²) >= 11 is 0. The molecule has 0 spiro atoms. The number of aliphatic hydroxyl groups excluding tert-OH is 1. The van der Waals surface area contributed by atoms with E-state index in [0.717, 1.165) is 0 Å². The molecule has 1 aromatic rings. The van der Waals surface area contributed by atoms with E-state index in [-0.39, 0.29) is 0 Å². The van der Waals surface area contributed by atoms with Crippen molar-refractivity contribution in [1.29, 1.82) is 0 Å². The molecule has 0 bridgehead atoms. The lowest BCUT2D eigenvalue weighted by Crippen LogP contribution is -2.32. The number of hydrogen-bond acceptors (Lipinski definition) is 4. The number of nitrogens with zero attached hydrogens (tertiary/aromatic N) is 1. The summed E-state index contributed by atoms with van der Waals surface area (Å²) in [6, 6.07) is 1.60. The zero-order valence-electron chi connectivity index (χ0n) is 8.44. The smallest absolute Gasteiger partial charge is 0.111 e. The Morgan fingerprint density at radius 2 is 2.29 bits per heavy atom. The highest BCUT2D eigenvalue weighted by Crippen LogP contribution is 2.30. The molecule has 1 rings (SSSR count). The molecule has 4 heteroatoms. The molecule has 1 aromatic heterocycles. The summed E-state index contributed by atoms with van der Waals surface area (Å²) in [4.78, 5) is 3.86. The van der Waals surface area contributed by atoms with Crippen LogP contribution >= 0.6 is 0 Å². The first-order valence-electron chi connectivity index (χ1n) is 4.59. The van der Waals surface area contributed by atoms with Crippen LogP contribution in [0.15, 0.2) is 18.5 Å². The van der Waals surface area contributed by atoms with Gasteiger partial charge in [0.15, 0.2) is 0 Å².